The Balaban J connectivity index is 1.36. The number of anilines is 1. The number of hydrogen-bond donors (Lipinski definition) is 1. The first-order valence-electron chi connectivity index (χ1n) is 10.6. The summed E-state index contributed by atoms with van der Waals surface area (Å²) in [6.45, 7) is 3.62. The molecule has 158 valence electrons. The number of hydrogen-bond acceptors (Lipinski definition) is 4. The molecule has 0 atom stereocenters. The number of carbonyl (C=O) groups is 1. The number of carbonyl (C=O) groups excluding carboxylic acids is 1. The second kappa shape index (κ2) is 9.43. The maximum Gasteiger partial charge on any atom is 0.251 e. The first-order chi connectivity index (χ1) is 15.2. The first kappa shape index (κ1) is 20.6. The summed E-state index contributed by atoms with van der Waals surface area (Å²) in [6, 6.07) is 19.6. The number of imidazole rings is 1. The molecule has 0 fully saturated rings. The molecule has 0 saturated heterocycles. The molecule has 2 heterocycles. The van der Waals surface area contributed by atoms with Crippen LogP contribution in [-0.4, -0.2) is 34.0 Å². The Bertz CT molecular complexity index is 1150. The monoisotopic (exact) mass is 413 g/mol. The van der Waals surface area contributed by atoms with Crippen molar-refractivity contribution in [3.63, 3.8) is 0 Å². The van der Waals surface area contributed by atoms with E-state index in [9.17, 15) is 4.79 Å². The number of benzene rings is 2. The lowest BCUT2D eigenvalue weighted by atomic mass is 10.1. The number of rotatable bonds is 8. The van der Waals surface area contributed by atoms with Crippen molar-refractivity contribution < 1.29 is 4.79 Å². The Morgan fingerprint density at radius 1 is 1.03 bits per heavy atom. The number of nitrogens with zero attached hydrogens (tertiary/aromatic N) is 4. The van der Waals surface area contributed by atoms with Crippen LogP contribution in [0.3, 0.4) is 0 Å². The average molecular weight is 414 g/mol. The number of nitrogens with one attached hydrogen (secondary N) is 1. The number of pyridine rings is 1. The van der Waals surface area contributed by atoms with Gasteiger partial charge in [0.25, 0.3) is 5.91 Å². The molecule has 0 bridgehead atoms. The third-order valence-corrected chi connectivity index (χ3v) is 5.38. The zero-order valence-electron chi connectivity index (χ0n) is 18.0. The summed E-state index contributed by atoms with van der Waals surface area (Å²) in [5.41, 5.74) is 4.67. The molecule has 2 aromatic carbocycles. The summed E-state index contributed by atoms with van der Waals surface area (Å²) in [7, 11) is 2.08. The van der Waals surface area contributed by atoms with Gasteiger partial charge in [0.15, 0.2) is 0 Å². The SMILES string of the molecule is CCCCN(C)c1ccc(C(=O)NCc2ccc(-n3cnc4ccccc43)nc2)cc1. The highest BCUT2D eigenvalue weighted by Crippen LogP contribution is 2.17. The maximum atomic E-state index is 12.5. The molecule has 1 N–H and O–H groups in total. The minimum absolute atomic E-state index is 0.0903. The number of para-hydroxylation sites is 2. The molecular weight excluding hydrogens is 386 g/mol. The van der Waals surface area contributed by atoms with Crippen molar-refractivity contribution in [3.8, 4) is 5.82 Å². The van der Waals surface area contributed by atoms with Crippen LogP contribution in [0.1, 0.15) is 35.7 Å². The summed E-state index contributed by atoms with van der Waals surface area (Å²) in [4.78, 5) is 23.7. The van der Waals surface area contributed by atoms with Gasteiger partial charge in [-0.05, 0) is 54.4 Å². The van der Waals surface area contributed by atoms with Crippen molar-refractivity contribution >= 4 is 22.6 Å². The van der Waals surface area contributed by atoms with Crippen molar-refractivity contribution in [2.45, 2.75) is 26.3 Å². The molecule has 0 aliphatic carbocycles. The zero-order valence-corrected chi connectivity index (χ0v) is 18.0. The lowest BCUT2D eigenvalue weighted by Gasteiger charge is -2.19. The normalized spacial score (nSPS) is 10.9. The van der Waals surface area contributed by atoms with Gasteiger partial charge in [-0.25, -0.2) is 9.97 Å². The van der Waals surface area contributed by atoms with Gasteiger partial charge in [0.05, 0.1) is 11.0 Å². The molecule has 0 radical (unpaired) electrons. The highest BCUT2D eigenvalue weighted by Gasteiger charge is 2.08. The van der Waals surface area contributed by atoms with Crippen molar-refractivity contribution in [1.82, 2.24) is 19.9 Å². The molecule has 2 aromatic heterocycles. The standard InChI is InChI=1S/C25H27N5O/c1-3-4-15-29(2)21-12-10-20(11-13-21)25(31)27-17-19-9-14-24(26-16-19)30-18-28-22-7-5-6-8-23(22)30/h5-14,16,18H,3-4,15,17H2,1-2H3,(H,27,31). The van der Waals surface area contributed by atoms with Crippen molar-refractivity contribution in [1.29, 1.82) is 0 Å². The summed E-state index contributed by atoms with van der Waals surface area (Å²) in [6.07, 6.45) is 5.89. The lowest BCUT2D eigenvalue weighted by molar-refractivity contribution is 0.0951. The second-order valence-corrected chi connectivity index (χ2v) is 7.63. The van der Waals surface area contributed by atoms with Crippen molar-refractivity contribution in [2.24, 2.45) is 0 Å². The fourth-order valence-corrected chi connectivity index (χ4v) is 3.48. The van der Waals surface area contributed by atoms with E-state index in [1.165, 1.54) is 6.42 Å². The Labute approximate surface area is 182 Å². The molecule has 0 aliphatic heterocycles. The van der Waals surface area contributed by atoms with E-state index in [1.54, 1.807) is 12.5 Å². The van der Waals surface area contributed by atoms with Crippen LogP contribution in [0.5, 0.6) is 0 Å². The second-order valence-electron chi connectivity index (χ2n) is 7.63. The largest absolute Gasteiger partial charge is 0.375 e. The van der Waals surface area contributed by atoms with Gasteiger partial charge in [0.1, 0.15) is 12.1 Å². The Morgan fingerprint density at radius 3 is 2.58 bits per heavy atom. The molecule has 6 nitrogen and oxygen atoms in total. The van der Waals surface area contributed by atoms with Gasteiger partial charge in [-0.3, -0.25) is 9.36 Å². The van der Waals surface area contributed by atoms with E-state index in [4.69, 9.17) is 0 Å². The zero-order chi connectivity index (χ0) is 21.6. The number of fused-ring (bicyclic) bond motifs is 1. The Hall–Kier alpha value is -3.67. The number of amides is 1. The number of aromatic nitrogens is 3. The molecule has 4 rings (SSSR count). The van der Waals surface area contributed by atoms with Crippen LogP contribution in [0.25, 0.3) is 16.9 Å². The van der Waals surface area contributed by atoms with Gasteiger partial charge >= 0.3 is 0 Å². The van der Waals surface area contributed by atoms with Crippen LogP contribution in [0.15, 0.2) is 73.2 Å². The highest BCUT2D eigenvalue weighted by molar-refractivity contribution is 5.94. The maximum absolute atomic E-state index is 12.5. The summed E-state index contributed by atoms with van der Waals surface area (Å²) in [5, 5.41) is 2.97. The van der Waals surface area contributed by atoms with E-state index in [0.29, 0.717) is 12.1 Å². The van der Waals surface area contributed by atoms with E-state index in [2.05, 4.69) is 34.2 Å². The molecule has 0 unspecified atom stereocenters. The Morgan fingerprint density at radius 2 is 1.84 bits per heavy atom. The van der Waals surface area contributed by atoms with Crippen LogP contribution in [0, 0.1) is 0 Å². The van der Waals surface area contributed by atoms with Crippen molar-refractivity contribution in [3.05, 3.63) is 84.3 Å². The summed E-state index contributed by atoms with van der Waals surface area (Å²) >= 11 is 0. The molecule has 0 aliphatic rings. The third-order valence-electron chi connectivity index (χ3n) is 5.38. The van der Waals surface area contributed by atoms with Crippen LogP contribution >= 0.6 is 0 Å². The highest BCUT2D eigenvalue weighted by atomic mass is 16.1. The molecule has 0 saturated carbocycles. The number of unbranched alkanes of at least 4 members (excludes halogenated alkanes) is 1. The van der Waals surface area contributed by atoms with E-state index in [1.807, 2.05) is 65.2 Å². The smallest absolute Gasteiger partial charge is 0.251 e. The topological polar surface area (TPSA) is 63.1 Å². The van der Waals surface area contributed by atoms with E-state index < -0.39 is 0 Å². The fourth-order valence-electron chi connectivity index (χ4n) is 3.48. The predicted molar refractivity (Wildman–Crippen MR) is 125 cm³/mol. The van der Waals surface area contributed by atoms with Gasteiger partial charge in [0.2, 0.25) is 0 Å². The van der Waals surface area contributed by atoms with Crippen LogP contribution < -0.4 is 10.2 Å². The third kappa shape index (κ3) is 4.74. The van der Waals surface area contributed by atoms with Gasteiger partial charge in [-0.1, -0.05) is 31.5 Å². The van der Waals surface area contributed by atoms with Crippen LogP contribution in [0.4, 0.5) is 5.69 Å². The summed E-state index contributed by atoms with van der Waals surface area (Å²) in [5.74, 6) is 0.707. The van der Waals surface area contributed by atoms with E-state index >= 15 is 0 Å². The Kier molecular flexibility index (Phi) is 6.26. The minimum Gasteiger partial charge on any atom is -0.375 e. The molecule has 6 heteroatoms. The minimum atomic E-state index is -0.0903. The van der Waals surface area contributed by atoms with Gasteiger partial charge in [-0.15, -0.1) is 0 Å². The van der Waals surface area contributed by atoms with Crippen molar-refractivity contribution in [2.75, 3.05) is 18.5 Å². The average Bonchev–Trinajstić information content (AvgIpc) is 3.25. The van der Waals surface area contributed by atoms with Gasteiger partial charge < -0.3 is 10.2 Å². The molecule has 0 spiro atoms. The fraction of sp³-hybridized carbons (Fsp3) is 0.240. The molecule has 31 heavy (non-hydrogen) atoms. The van der Waals surface area contributed by atoms with Crippen LogP contribution in [-0.2, 0) is 6.54 Å². The molecule has 4 aromatic rings. The predicted octanol–water partition coefficient (Wildman–Crippen LogP) is 4.59. The van der Waals surface area contributed by atoms with E-state index in [0.717, 1.165) is 41.1 Å². The lowest BCUT2D eigenvalue weighted by Crippen LogP contribution is -2.23. The van der Waals surface area contributed by atoms with Gasteiger partial charge in [0, 0.05) is 37.6 Å². The van der Waals surface area contributed by atoms with Gasteiger partial charge in [-0.2, -0.15) is 0 Å². The molecule has 1 amide bonds. The quantitative estimate of drug-likeness (QED) is 0.459. The van der Waals surface area contributed by atoms with E-state index in [-0.39, 0.29) is 5.91 Å². The first-order valence-corrected chi connectivity index (χ1v) is 10.6. The van der Waals surface area contributed by atoms with Crippen LogP contribution in [0.2, 0.25) is 0 Å². The molecular formula is C25H27N5O. The summed E-state index contributed by atoms with van der Waals surface area (Å²) < 4.78 is 1.96.